The highest BCUT2D eigenvalue weighted by Crippen LogP contribution is 2.20. The molecule has 1 aromatic rings. The van der Waals surface area contributed by atoms with Gasteiger partial charge in [0, 0.05) is 6.08 Å². The van der Waals surface area contributed by atoms with Crippen molar-refractivity contribution in [3.8, 4) is 0 Å². The van der Waals surface area contributed by atoms with Crippen LogP contribution in [0.15, 0.2) is 54.3 Å². The van der Waals surface area contributed by atoms with E-state index in [1.165, 1.54) is 18.2 Å². The van der Waals surface area contributed by atoms with Gasteiger partial charge in [-0.1, -0.05) is 30.3 Å². The van der Waals surface area contributed by atoms with E-state index in [1.54, 1.807) is 24.3 Å². The van der Waals surface area contributed by atoms with Gasteiger partial charge in [-0.25, -0.2) is 4.79 Å². The summed E-state index contributed by atoms with van der Waals surface area (Å²) in [7, 11) is 0. The Bertz CT molecular complexity index is 462. The van der Waals surface area contributed by atoms with Crippen molar-refractivity contribution in [1.29, 1.82) is 0 Å². The molecule has 2 N–H and O–H groups in total. The standard InChI is InChI=1S/C13H12O4/c14-11(8-10-6-7-12(15)17-10)13(16)9-4-2-1-3-5-9/h1-8,11,13-14,16H/b10-8+/t11-,13-/m0/s1. The number of carbonyl (C=O) groups excluding carboxylic acids is 1. The Balaban J connectivity index is 2.08. The lowest BCUT2D eigenvalue weighted by Gasteiger charge is -2.15. The lowest BCUT2D eigenvalue weighted by Crippen LogP contribution is -2.16. The summed E-state index contributed by atoms with van der Waals surface area (Å²) in [6.07, 6.45) is 1.84. The molecule has 0 saturated carbocycles. The Hall–Kier alpha value is -1.91. The molecule has 0 radical (unpaired) electrons. The van der Waals surface area contributed by atoms with Crippen LogP contribution in [0.4, 0.5) is 0 Å². The first kappa shape index (κ1) is 11.6. The third kappa shape index (κ3) is 2.81. The van der Waals surface area contributed by atoms with E-state index in [9.17, 15) is 15.0 Å². The van der Waals surface area contributed by atoms with E-state index < -0.39 is 18.2 Å². The summed E-state index contributed by atoms with van der Waals surface area (Å²) in [6.45, 7) is 0. The molecular weight excluding hydrogens is 220 g/mol. The highest BCUT2D eigenvalue weighted by Gasteiger charge is 2.18. The molecule has 88 valence electrons. The second-order valence-corrected chi connectivity index (χ2v) is 3.67. The molecule has 0 bridgehead atoms. The molecule has 0 aliphatic carbocycles. The van der Waals surface area contributed by atoms with E-state index in [-0.39, 0.29) is 5.76 Å². The van der Waals surface area contributed by atoms with Crippen LogP contribution in [0.25, 0.3) is 0 Å². The van der Waals surface area contributed by atoms with Crippen LogP contribution in [0.5, 0.6) is 0 Å². The van der Waals surface area contributed by atoms with E-state index in [0.29, 0.717) is 5.56 Å². The zero-order valence-electron chi connectivity index (χ0n) is 8.98. The van der Waals surface area contributed by atoms with Gasteiger partial charge in [0.15, 0.2) is 0 Å². The summed E-state index contributed by atoms with van der Waals surface area (Å²) in [4.78, 5) is 10.8. The zero-order chi connectivity index (χ0) is 12.3. The summed E-state index contributed by atoms with van der Waals surface area (Å²) in [5.74, 6) is -0.227. The average molecular weight is 232 g/mol. The Morgan fingerprint density at radius 3 is 2.41 bits per heavy atom. The minimum absolute atomic E-state index is 0.248. The third-order valence-electron chi connectivity index (χ3n) is 2.40. The molecule has 1 aromatic carbocycles. The summed E-state index contributed by atoms with van der Waals surface area (Å²) >= 11 is 0. The normalized spacial score (nSPS) is 20.4. The van der Waals surface area contributed by atoms with Crippen LogP contribution in [0.2, 0.25) is 0 Å². The number of esters is 1. The van der Waals surface area contributed by atoms with E-state index in [2.05, 4.69) is 0 Å². The average Bonchev–Trinajstić information content (AvgIpc) is 2.75. The largest absolute Gasteiger partial charge is 0.424 e. The number of aliphatic hydroxyl groups excluding tert-OH is 2. The van der Waals surface area contributed by atoms with E-state index >= 15 is 0 Å². The van der Waals surface area contributed by atoms with Gasteiger partial charge in [0.2, 0.25) is 0 Å². The van der Waals surface area contributed by atoms with Crippen LogP contribution in [-0.4, -0.2) is 22.3 Å². The van der Waals surface area contributed by atoms with Crippen LogP contribution in [0.1, 0.15) is 11.7 Å². The summed E-state index contributed by atoms with van der Waals surface area (Å²) in [6, 6.07) is 8.79. The molecule has 0 spiro atoms. The van der Waals surface area contributed by atoms with Crippen LogP contribution in [0.3, 0.4) is 0 Å². The maximum atomic E-state index is 10.8. The van der Waals surface area contributed by atoms with Gasteiger partial charge in [-0.15, -0.1) is 0 Å². The van der Waals surface area contributed by atoms with Gasteiger partial charge >= 0.3 is 5.97 Å². The topological polar surface area (TPSA) is 66.8 Å². The fourth-order valence-electron chi connectivity index (χ4n) is 1.53. The third-order valence-corrected chi connectivity index (χ3v) is 2.40. The molecule has 4 heteroatoms. The minimum atomic E-state index is -1.12. The molecule has 2 atom stereocenters. The minimum Gasteiger partial charge on any atom is -0.424 e. The molecule has 1 heterocycles. The van der Waals surface area contributed by atoms with E-state index in [4.69, 9.17) is 4.74 Å². The Morgan fingerprint density at radius 2 is 1.82 bits per heavy atom. The van der Waals surface area contributed by atoms with Crippen molar-refractivity contribution in [1.82, 2.24) is 0 Å². The molecule has 0 saturated heterocycles. The fourth-order valence-corrected chi connectivity index (χ4v) is 1.53. The molecule has 0 amide bonds. The quantitative estimate of drug-likeness (QED) is 0.765. The highest BCUT2D eigenvalue weighted by molar-refractivity contribution is 5.86. The maximum absolute atomic E-state index is 10.8. The number of hydrogen-bond acceptors (Lipinski definition) is 4. The van der Waals surface area contributed by atoms with Crippen molar-refractivity contribution in [3.05, 3.63) is 59.9 Å². The fraction of sp³-hybridized carbons (Fsp3) is 0.154. The molecule has 1 aliphatic heterocycles. The van der Waals surface area contributed by atoms with Crippen LogP contribution < -0.4 is 0 Å². The predicted octanol–water partition coefficient (Wildman–Crippen LogP) is 1.08. The second kappa shape index (κ2) is 4.95. The van der Waals surface area contributed by atoms with Crippen LogP contribution in [-0.2, 0) is 9.53 Å². The zero-order valence-corrected chi connectivity index (χ0v) is 8.98. The molecular formula is C13H12O4. The van der Waals surface area contributed by atoms with Crippen molar-refractivity contribution >= 4 is 5.97 Å². The first-order chi connectivity index (χ1) is 8.16. The Morgan fingerprint density at radius 1 is 1.12 bits per heavy atom. The highest BCUT2D eigenvalue weighted by atomic mass is 16.5. The first-order valence-electron chi connectivity index (χ1n) is 5.19. The van der Waals surface area contributed by atoms with Gasteiger partial charge in [0.1, 0.15) is 18.0 Å². The summed E-state index contributed by atoms with van der Waals surface area (Å²) < 4.78 is 4.76. The number of cyclic esters (lactones) is 1. The lowest BCUT2D eigenvalue weighted by molar-refractivity contribution is -0.132. The van der Waals surface area contributed by atoms with Gasteiger partial charge in [0.25, 0.3) is 0 Å². The van der Waals surface area contributed by atoms with Crippen molar-refractivity contribution in [2.24, 2.45) is 0 Å². The predicted molar refractivity (Wildman–Crippen MR) is 60.7 cm³/mol. The number of carbonyl (C=O) groups is 1. The number of aliphatic hydroxyl groups is 2. The molecule has 0 aromatic heterocycles. The number of hydrogen-bond donors (Lipinski definition) is 2. The van der Waals surface area contributed by atoms with Gasteiger partial charge < -0.3 is 14.9 Å². The van der Waals surface area contributed by atoms with Crippen molar-refractivity contribution in [3.63, 3.8) is 0 Å². The van der Waals surface area contributed by atoms with Crippen molar-refractivity contribution in [2.75, 3.05) is 0 Å². The van der Waals surface area contributed by atoms with Gasteiger partial charge in [-0.05, 0) is 17.7 Å². The van der Waals surface area contributed by atoms with Gasteiger partial charge in [-0.2, -0.15) is 0 Å². The van der Waals surface area contributed by atoms with Crippen molar-refractivity contribution < 1.29 is 19.7 Å². The lowest BCUT2D eigenvalue weighted by atomic mass is 10.0. The van der Waals surface area contributed by atoms with Crippen molar-refractivity contribution in [2.45, 2.75) is 12.2 Å². The number of benzene rings is 1. The second-order valence-electron chi connectivity index (χ2n) is 3.67. The molecule has 2 rings (SSSR count). The summed E-state index contributed by atoms with van der Waals surface area (Å²) in [5, 5.41) is 19.6. The molecule has 0 unspecified atom stereocenters. The number of allylic oxidation sites excluding steroid dienone is 1. The van der Waals surface area contributed by atoms with Gasteiger partial charge in [-0.3, -0.25) is 0 Å². The van der Waals surface area contributed by atoms with Crippen LogP contribution >= 0.6 is 0 Å². The van der Waals surface area contributed by atoms with Gasteiger partial charge in [0.05, 0.1) is 0 Å². The van der Waals surface area contributed by atoms with E-state index in [1.807, 2.05) is 6.07 Å². The Labute approximate surface area is 98.5 Å². The smallest absolute Gasteiger partial charge is 0.336 e. The monoisotopic (exact) mass is 232 g/mol. The summed E-state index contributed by atoms with van der Waals surface area (Å²) in [5.41, 5.74) is 0.602. The molecule has 1 aliphatic rings. The Kier molecular flexibility index (Phi) is 3.37. The molecule has 0 fully saturated rings. The number of rotatable bonds is 3. The number of ether oxygens (including phenoxy) is 1. The maximum Gasteiger partial charge on any atom is 0.336 e. The van der Waals surface area contributed by atoms with E-state index in [0.717, 1.165) is 0 Å². The molecule has 17 heavy (non-hydrogen) atoms. The van der Waals surface area contributed by atoms with Crippen LogP contribution in [0, 0.1) is 0 Å². The molecule has 4 nitrogen and oxygen atoms in total. The SMILES string of the molecule is O=C1C=C/C(=C\[C@H](O)[C@@H](O)c2ccccc2)O1. The first-order valence-corrected chi connectivity index (χ1v) is 5.19.